The van der Waals surface area contributed by atoms with Gasteiger partial charge in [0.1, 0.15) is 0 Å². The number of thiophene rings is 1. The summed E-state index contributed by atoms with van der Waals surface area (Å²) in [5.74, 6) is 0.176. The van der Waals surface area contributed by atoms with Crippen LogP contribution in [0.1, 0.15) is 26.4 Å². The first-order valence-electron chi connectivity index (χ1n) is 5.40. The summed E-state index contributed by atoms with van der Waals surface area (Å²) in [5.41, 5.74) is 3.58. The molecule has 0 spiro atoms. The van der Waals surface area contributed by atoms with Crippen LogP contribution in [0.3, 0.4) is 0 Å². The third kappa shape index (κ3) is 2.85. The number of halogens is 1. The topological polar surface area (TPSA) is 17.1 Å². The number of ketones is 1. The molecule has 1 heterocycles. The van der Waals surface area contributed by atoms with Crippen LogP contribution < -0.4 is 0 Å². The molecule has 0 N–H and O–H groups in total. The van der Waals surface area contributed by atoms with E-state index in [0.717, 1.165) is 14.9 Å². The highest BCUT2D eigenvalue weighted by Gasteiger charge is 2.12. The molecule has 0 saturated carbocycles. The molecule has 0 fully saturated rings. The molecule has 1 aromatic carbocycles. The van der Waals surface area contributed by atoms with Gasteiger partial charge in [-0.05, 0) is 57.9 Å². The van der Waals surface area contributed by atoms with Gasteiger partial charge in [-0.2, -0.15) is 0 Å². The lowest BCUT2D eigenvalue weighted by Crippen LogP contribution is -2.02. The fraction of sp³-hybridized carbons (Fsp3) is 0.214. The van der Waals surface area contributed by atoms with Crippen LogP contribution in [0.4, 0.5) is 0 Å². The van der Waals surface area contributed by atoms with E-state index >= 15 is 0 Å². The van der Waals surface area contributed by atoms with Crippen LogP contribution in [0.2, 0.25) is 0 Å². The molecule has 0 atom stereocenters. The van der Waals surface area contributed by atoms with Crippen molar-refractivity contribution in [1.82, 2.24) is 0 Å². The molecule has 0 radical (unpaired) electrons. The van der Waals surface area contributed by atoms with Crippen molar-refractivity contribution in [3.05, 3.63) is 55.7 Å². The van der Waals surface area contributed by atoms with E-state index in [9.17, 15) is 4.79 Å². The average molecular weight is 309 g/mol. The number of rotatable bonds is 3. The first kappa shape index (κ1) is 12.5. The maximum atomic E-state index is 12.1. The fourth-order valence-corrected chi connectivity index (χ4v) is 3.20. The van der Waals surface area contributed by atoms with Gasteiger partial charge in [-0.3, -0.25) is 4.79 Å². The second kappa shape index (κ2) is 5.15. The molecule has 0 amide bonds. The zero-order chi connectivity index (χ0) is 12.4. The first-order chi connectivity index (χ1) is 8.08. The summed E-state index contributed by atoms with van der Waals surface area (Å²) in [7, 11) is 0. The van der Waals surface area contributed by atoms with E-state index in [1.54, 1.807) is 0 Å². The number of carbonyl (C=O) groups is 1. The monoisotopic (exact) mass is 308 g/mol. The molecule has 0 aliphatic rings. The highest BCUT2D eigenvalue weighted by Crippen LogP contribution is 2.24. The van der Waals surface area contributed by atoms with Gasteiger partial charge >= 0.3 is 0 Å². The smallest absolute Gasteiger partial charge is 0.178 e. The standard InChI is InChI=1S/C14H13BrOS/c1-9-3-4-11(7-10(9)2)8-13(16)14-12(15)5-6-17-14/h3-7H,8H2,1-2H3. The lowest BCUT2D eigenvalue weighted by molar-refractivity contribution is 0.0996. The Morgan fingerprint density at radius 1 is 1.24 bits per heavy atom. The summed E-state index contributed by atoms with van der Waals surface area (Å²) in [6.45, 7) is 4.15. The second-order valence-electron chi connectivity index (χ2n) is 4.12. The minimum Gasteiger partial charge on any atom is -0.293 e. The van der Waals surface area contributed by atoms with E-state index in [0.29, 0.717) is 6.42 Å². The van der Waals surface area contributed by atoms with E-state index in [2.05, 4.69) is 41.9 Å². The van der Waals surface area contributed by atoms with Crippen molar-refractivity contribution < 1.29 is 4.79 Å². The molecule has 2 rings (SSSR count). The van der Waals surface area contributed by atoms with Crippen LogP contribution in [-0.4, -0.2) is 5.78 Å². The molecular formula is C14H13BrOS. The lowest BCUT2D eigenvalue weighted by Gasteiger charge is -2.04. The van der Waals surface area contributed by atoms with Crippen molar-refractivity contribution >= 4 is 33.0 Å². The number of aryl methyl sites for hydroxylation is 2. The Kier molecular flexibility index (Phi) is 3.79. The molecule has 88 valence electrons. The van der Waals surface area contributed by atoms with E-state index in [-0.39, 0.29) is 5.78 Å². The van der Waals surface area contributed by atoms with Crippen LogP contribution in [0, 0.1) is 13.8 Å². The predicted octanol–water partition coefficient (Wildman–Crippen LogP) is 4.55. The van der Waals surface area contributed by atoms with Crippen molar-refractivity contribution in [3.8, 4) is 0 Å². The minimum atomic E-state index is 0.176. The summed E-state index contributed by atoms with van der Waals surface area (Å²) in [5, 5.41) is 1.93. The Hall–Kier alpha value is -0.930. The fourth-order valence-electron chi connectivity index (χ4n) is 1.67. The van der Waals surface area contributed by atoms with Gasteiger partial charge in [-0.15, -0.1) is 11.3 Å². The summed E-state index contributed by atoms with van der Waals surface area (Å²) in [6, 6.07) is 8.11. The number of hydrogen-bond acceptors (Lipinski definition) is 2. The van der Waals surface area contributed by atoms with E-state index in [4.69, 9.17) is 0 Å². The Bertz CT molecular complexity index is 557. The minimum absolute atomic E-state index is 0.176. The quantitative estimate of drug-likeness (QED) is 0.760. The second-order valence-corrected chi connectivity index (χ2v) is 5.89. The van der Waals surface area contributed by atoms with Gasteiger partial charge in [0, 0.05) is 10.9 Å². The van der Waals surface area contributed by atoms with E-state index in [1.807, 2.05) is 17.5 Å². The van der Waals surface area contributed by atoms with E-state index < -0.39 is 0 Å². The van der Waals surface area contributed by atoms with Gasteiger partial charge < -0.3 is 0 Å². The zero-order valence-electron chi connectivity index (χ0n) is 9.79. The van der Waals surface area contributed by atoms with Crippen molar-refractivity contribution in [2.45, 2.75) is 20.3 Å². The number of hydrogen-bond donors (Lipinski definition) is 0. The molecule has 0 saturated heterocycles. The van der Waals surface area contributed by atoms with Crippen molar-refractivity contribution in [2.75, 3.05) is 0 Å². The van der Waals surface area contributed by atoms with Gasteiger partial charge in [0.05, 0.1) is 4.88 Å². The lowest BCUT2D eigenvalue weighted by atomic mass is 10.0. The average Bonchev–Trinajstić information content (AvgIpc) is 2.70. The van der Waals surface area contributed by atoms with E-state index in [1.165, 1.54) is 22.5 Å². The van der Waals surface area contributed by atoms with Crippen LogP contribution >= 0.6 is 27.3 Å². The van der Waals surface area contributed by atoms with Crippen LogP contribution in [0.5, 0.6) is 0 Å². The summed E-state index contributed by atoms with van der Waals surface area (Å²) in [6.07, 6.45) is 0.472. The summed E-state index contributed by atoms with van der Waals surface area (Å²) < 4.78 is 0.899. The Labute approximate surface area is 114 Å². The van der Waals surface area contributed by atoms with Gasteiger partial charge in [-0.25, -0.2) is 0 Å². The molecule has 0 unspecified atom stereocenters. The number of Topliss-reactive ketones (excluding diaryl/α,β-unsaturated/α-hetero) is 1. The van der Waals surface area contributed by atoms with Crippen molar-refractivity contribution in [3.63, 3.8) is 0 Å². The normalized spacial score (nSPS) is 10.5. The molecule has 1 aromatic heterocycles. The van der Waals surface area contributed by atoms with Crippen molar-refractivity contribution in [1.29, 1.82) is 0 Å². The molecule has 17 heavy (non-hydrogen) atoms. The highest BCUT2D eigenvalue weighted by molar-refractivity contribution is 9.10. The number of carbonyl (C=O) groups excluding carboxylic acids is 1. The largest absolute Gasteiger partial charge is 0.293 e. The molecule has 3 heteroatoms. The third-order valence-corrected chi connectivity index (χ3v) is 4.69. The van der Waals surface area contributed by atoms with Crippen LogP contribution in [0.25, 0.3) is 0 Å². The van der Waals surface area contributed by atoms with Crippen LogP contribution in [-0.2, 0) is 6.42 Å². The van der Waals surface area contributed by atoms with Gasteiger partial charge in [0.2, 0.25) is 0 Å². The van der Waals surface area contributed by atoms with Gasteiger partial charge in [-0.1, -0.05) is 18.2 Å². The summed E-state index contributed by atoms with van der Waals surface area (Å²) in [4.78, 5) is 12.9. The number of benzene rings is 1. The van der Waals surface area contributed by atoms with Gasteiger partial charge in [0.25, 0.3) is 0 Å². The Balaban J connectivity index is 2.19. The first-order valence-corrected chi connectivity index (χ1v) is 7.07. The molecule has 1 nitrogen and oxygen atoms in total. The highest BCUT2D eigenvalue weighted by atomic mass is 79.9. The zero-order valence-corrected chi connectivity index (χ0v) is 12.2. The molecule has 0 bridgehead atoms. The molecule has 0 aliphatic carbocycles. The van der Waals surface area contributed by atoms with Gasteiger partial charge in [0.15, 0.2) is 5.78 Å². The summed E-state index contributed by atoms with van der Waals surface area (Å²) >= 11 is 4.88. The van der Waals surface area contributed by atoms with Crippen LogP contribution in [0.15, 0.2) is 34.1 Å². The Morgan fingerprint density at radius 3 is 2.59 bits per heavy atom. The third-order valence-electron chi connectivity index (χ3n) is 2.81. The molecule has 2 aromatic rings. The SMILES string of the molecule is Cc1ccc(CC(=O)c2sccc2Br)cc1C. The van der Waals surface area contributed by atoms with Crippen molar-refractivity contribution in [2.24, 2.45) is 0 Å². The maximum absolute atomic E-state index is 12.1. The maximum Gasteiger partial charge on any atom is 0.178 e. The molecule has 0 aliphatic heterocycles. The predicted molar refractivity (Wildman–Crippen MR) is 76.0 cm³/mol. The Morgan fingerprint density at radius 2 is 2.00 bits per heavy atom. The molecular weight excluding hydrogens is 296 g/mol.